The molecule has 2 rings (SSSR count). The van der Waals surface area contributed by atoms with Crippen LogP contribution < -0.4 is 0 Å². The molecule has 1 fully saturated rings. The molecule has 13 heavy (non-hydrogen) atoms. The van der Waals surface area contributed by atoms with E-state index >= 15 is 0 Å². The Labute approximate surface area is 80.7 Å². The van der Waals surface area contributed by atoms with Gasteiger partial charge in [0, 0.05) is 17.8 Å². The van der Waals surface area contributed by atoms with Crippen LogP contribution in [0.2, 0.25) is 0 Å². The molecule has 1 aliphatic heterocycles. The largest absolute Gasteiger partial charge is 0.396 e. The van der Waals surface area contributed by atoms with Crippen molar-refractivity contribution in [1.29, 1.82) is 0 Å². The van der Waals surface area contributed by atoms with Crippen LogP contribution in [0.25, 0.3) is 0 Å². The van der Waals surface area contributed by atoms with Gasteiger partial charge >= 0.3 is 0 Å². The summed E-state index contributed by atoms with van der Waals surface area (Å²) in [6.07, 6.45) is -1.64. The van der Waals surface area contributed by atoms with Gasteiger partial charge in [-0.1, -0.05) is 0 Å². The lowest BCUT2D eigenvalue weighted by molar-refractivity contribution is 0.00332. The van der Waals surface area contributed by atoms with Crippen LogP contribution in [0.15, 0.2) is 4.99 Å². The van der Waals surface area contributed by atoms with Crippen molar-refractivity contribution in [3.63, 3.8) is 0 Å². The molecule has 3 N–H and O–H groups in total. The van der Waals surface area contributed by atoms with E-state index in [1.54, 1.807) is 11.8 Å². The lowest BCUT2D eigenvalue weighted by Crippen LogP contribution is -2.31. The first-order valence-corrected chi connectivity index (χ1v) is 5.21. The minimum Gasteiger partial charge on any atom is -0.396 e. The van der Waals surface area contributed by atoms with Gasteiger partial charge in [0.1, 0.15) is 6.10 Å². The molecular weight excluding hydrogens is 190 g/mol. The van der Waals surface area contributed by atoms with Crippen LogP contribution in [0.1, 0.15) is 6.92 Å². The van der Waals surface area contributed by atoms with Crippen molar-refractivity contribution < 1.29 is 15.3 Å². The smallest absolute Gasteiger partial charge is 0.104 e. The molecule has 0 bridgehead atoms. The second kappa shape index (κ2) is 3.24. The van der Waals surface area contributed by atoms with Gasteiger partial charge in [-0.15, -0.1) is 11.8 Å². The summed E-state index contributed by atoms with van der Waals surface area (Å²) in [4.78, 5) is 4.24. The molecule has 0 radical (unpaired) electrons. The predicted octanol–water partition coefficient (Wildman–Crippen LogP) is -0.767. The number of hydrogen-bond donors (Lipinski definition) is 3. The molecule has 0 unspecified atom stereocenters. The fourth-order valence-corrected chi connectivity index (χ4v) is 3.41. The van der Waals surface area contributed by atoms with Gasteiger partial charge in [0.15, 0.2) is 0 Å². The number of thioether (sulfide) groups is 1. The maximum absolute atomic E-state index is 9.61. The van der Waals surface area contributed by atoms with Gasteiger partial charge in [0.25, 0.3) is 0 Å². The third-order valence-electron chi connectivity index (χ3n) is 2.75. The van der Waals surface area contributed by atoms with E-state index in [0.29, 0.717) is 0 Å². The Morgan fingerprint density at radius 1 is 1.38 bits per heavy atom. The molecule has 1 heterocycles. The minimum atomic E-state index is -0.829. The monoisotopic (exact) mass is 203 g/mol. The zero-order valence-electron chi connectivity index (χ0n) is 7.29. The summed E-state index contributed by atoms with van der Waals surface area (Å²) in [5.41, 5.74) is 0. The van der Waals surface area contributed by atoms with Gasteiger partial charge in [0.05, 0.1) is 17.2 Å². The van der Waals surface area contributed by atoms with Gasteiger partial charge in [-0.2, -0.15) is 0 Å². The highest BCUT2D eigenvalue weighted by molar-refractivity contribution is 8.14. The lowest BCUT2D eigenvalue weighted by Gasteiger charge is -2.16. The average Bonchev–Trinajstić information content (AvgIpc) is 2.54. The van der Waals surface area contributed by atoms with Crippen LogP contribution in [0, 0.1) is 5.92 Å². The topological polar surface area (TPSA) is 73.1 Å². The van der Waals surface area contributed by atoms with Crippen molar-refractivity contribution in [1.82, 2.24) is 0 Å². The zero-order chi connectivity index (χ0) is 9.59. The Morgan fingerprint density at radius 3 is 2.69 bits per heavy atom. The third kappa shape index (κ3) is 1.30. The Hall–Kier alpha value is -0.100. The van der Waals surface area contributed by atoms with Gasteiger partial charge in [-0.05, 0) is 6.92 Å². The normalized spacial score (nSPS) is 49.2. The zero-order valence-corrected chi connectivity index (χ0v) is 8.11. The van der Waals surface area contributed by atoms with E-state index in [2.05, 4.69) is 4.99 Å². The maximum atomic E-state index is 9.61. The van der Waals surface area contributed by atoms with Crippen molar-refractivity contribution in [2.75, 3.05) is 6.61 Å². The number of fused-ring (bicyclic) bond motifs is 1. The van der Waals surface area contributed by atoms with Crippen LogP contribution in [0.4, 0.5) is 0 Å². The molecule has 1 saturated carbocycles. The fourth-order valence-electron chi connectivity index (χ4n) is 2.05. The van der Waals surface area contributed by atoms with Crippen molar-refractivity contribution in [2.45, 2.75) is 30.4 Å². The molecule has 2 aliphatic rings. The second-order valence-corrected chi connectivity index (χ2v) is 4.92. The molecule has 0 aromatic carbocycles. The number of rotatable bonds is 1. The molecule has 74 valence electrons. The van der Waals surface area contributed by atoms with Crippen molar-refractivity contribution in [3.05, 3.63) is 0 Å². The Balaban J connectivity index is 2.21. The van der Waals surface area contributed by atoms with E-state index in [4.69, 9.17) is 5.11 Å². The number of aliphatic hydroxyl groups is 3. The quantitative estimate of drug-likeness (QED) is 0.523. The van der Waals surface area contributed by atoms with Crippen molar-refractivity contribution in [2.24, 2.45) is 10.9 Å². The first-order chi connectivity index (χ1) is 6.15. The first-order valence-electron chi connectivity index (χ1n) is 4.33. The predicted molar refractivity (Wildman–Crippen MR) is 50.9 cm³/mol. The average molecular weight is 203 g/mol. The number of aliphatic imine (C=N–C) groups is 1. The van der Waals surface area contributed by atoms with Crippen LogP contribution in [-0.4, -0.2) is 50.5 Å². The molecule has 0 spiro atoms. The molecule has 4 nitrogen and oxygen atoms in total. The van der Waals surface area contributed by atoms with E-state index in [0.717, 1.165) is 5.04 Å². The molecule has 1 aliphatic carbocycles. The fraction of sp³-hybridized carbons (Fsp3) is 0.875. The van der Waals surface area contributed by atoms with E-state index in [1.165, 1.54) is 0 Å². The number of aliphatic hydroxyl groups excluding tert-OH is 3. The van der Waals surface area contributed by atoms with Crippen LogP contribution in [-0.2, 0) is 0 Å². The molecular formula is C8H13NO3S. The van der Waals surface area contributed by atoms with Gasteiger partial charge in [-0.25, -0.2) is 0 Å². The van der Waals surface area contributed by atoms with Crippen molar-refractivity contribution in [3.8, 4) is 0 Å². The summed E-state index contributed by atoms with van der Waals surface area (Å²) < 4.78 is 0. The summed E-state index contributed by atoms with van der Waals surface area (Å²) in [5, 5.41) is 29.2. The Bertz CT molecular complexity index is 246. The minimum absolute atomic E-state index is 0.0509. The van der Waals surface area contributed by atoms with E-state index in [9.17, 15) is 10.2 Å². The van der Waals surface area contributed by atoms with E-state index < -0.39 is 12.2 Å². The highest BCUT2D eigenvalue weighted by Crippen LogP contribution is 2.42. The molecule has 0 aromatic rings. The van der Waals surface area contributed by atoms with Crippen LogP contribution in [0.5, 0.6) is 0 Å². The van der Waals surface area contributed by atoms with Gasteiger partial charge < -0.3 is 15.3 Å². The number of nitrogens with zero attached hydrogens (tertiary/aromatic N) is 1. The van der Waals surface area contributed by atoms with Crippen molar-refractivity contribution >= 4 is 16.8 Å². The number of hydrogen-bond acceptors (Lipinski definition) is 5. The summed E-state index contributed by atoms with van der Waals surface area (Å²) >= 11 is 1.55. The summed E-state index contributed by atoms with van der Waals surface area (Å²) in [7, 11) is 0. The Kier molecular flexibility index (Phi) is 2.35. The summed E-state index contributed by atoms with van der Waals surface area (Å²) in [5.74, 6) is -0.244. The van der Waals surface area contributed by atoms with Crippen LogP contribution in [0.3, 0.4) is 0 Å². The molecule has 5 heteroatoms. The summed E-state index contributed by atoms with van der Waals surface area (Å²) in [6.45, 7) is 1.80. The first kappa shape index (κ1) is 9.45. The van der Waals surface area contributed by atoms with Crippen LogP contribution >= 0.6 is 11.8 Å². The van der Waals surface area contributed by atoms with Gasteiger partial charge in [0.2, 0.25) is 0 Å². The maximum Gasteiger partial charge on any atom is 0.104 e. The SMILES string of the molecule is CC1=N[C@@H]2[C@@H](O)[C@H](O)[C@@H](CO)[C@@H]2S1. The summed E-state index contributed by atoms with van der Waals surface area (Å²) in [6, 6.07) is -0.225. The van der Waals surface area contributed by atoms with E-state index in [1.807, 2.05) is 6.92 Å². The third-order valence-corrected chi connectivity index (χ3v) is 4.09. The highest BCUT2D eigenvalue weighted by Gasteiger charge is 2.52. The van der Waals surface area contributed by atoms with Gasteiger partial charge in [-0.3, -0.25) is 4.99 Å². The second-order valence-electron chi connectivity index (χ2n) is 3.55. The standard InChI is InChI=1S/C8H13NO3S/c1-3-9-5-7(12)6(11)4(2-10)8(5)13-3/h4-8,10-12H,2H2,1H3/t4-,5-,6-,7-,8+/m1/s1. The molecule has 0 saturated heterocycles. The molecule has 5 atom stereocenters. The Morgan fingerprint density at radius 2 is 2.08 bits per heavy atom. The molecule has 0 amide bonds. The lowest BCUT2D eigenvalue weighted by atomic mass is 10.1. The highest BCUT2D eigenvalue weighted by atomic mass is 32.2. The molecule has 0 aromatic heterocycles. The van der Waals surface area contributed by atoms with E-state index in [-0.39, 0.29) is 23.8 Å².